The molecule has 0 heterocycles. The Morgan fingerprint density at radius 1 is 1.00 bits per heavy atom. The van der Waals surface area contributed by atoms with Crippen LogP contribution in [0, 0.1) is 5.82 Å². The molecule has 0 fully saturated rings. The molecule has 0 aliphatic rings. The minimum Gasteiger partial charge on any atom is -0.497 e. The second kappa shape index (κ2) is 5.71. The minimum atomic E-state index is -1.08. The molecule has 2 aromatic carbocycles. The smallest absolute Gasteiger partial charge is 0.133 e. The molecule has 0 aliphatic carbocycles. The number of methoxy groups -OCH3 is 2. The molecule has 0 aliphatic heterocycles. The van der Waals surface area contributed by atoms with Gasteiger partial charge >= 0.3 is 0 Å². The summed E-state index contributed by atoms with van der Waals surface area (Å²) in [6.45, 7) is 0. The summed E-state index contributed by atoms with van der Waals surface area (Å²) >= 11 is 0. The van der Waals surface area contributed by atoms with Gasteiger partial charge in [0.25, 0.3) is 0 Å². The molecule has 0 spiro atoms. The summed E-state index contributed by atoms with van der Waals surface area (Å²) < 4.78 is 24.0. The Morgan fingerprint density at radius 3 is 2.26 bits per heavy atom. The monoisotopic (exact) mass is 262 g/mol. The van der Waals surface area contributed by atoms with E-state index in [4.69, 9.17) is 9.47 Å². The number of ether oxygens (including phenoxy) is 2. The lowest BCUT2D eigenvalue weighted by atomic mass is 10.00. The molecule has 0 radical (unpaired) electrons. The van der Waals surface area contributed by atoms with Crippen LogP contribution >= 0.6 is 0 Å². The standard InChI is InChI=1S/C15H15FO3/c1-18-11-8-6-10(7-9-11)15(17)14-12(16)4-3-5-13(14)19-2/h3-9,15,17H,1-2H3. The van der Waals surface area contributed by atoms with E-state index in [1.54, 1.807) is 43.5 Å². The minimum absolute atomic E-state index is 0.134. The highest BCUT2D eigenvalue weighted by atomic mass is 19.1. The first-order valence-electron chi connectivity index (χ1n) is 5.81. The summed E-state index contributed by atoms with van der Waals surface area (Å²) in [5.74, 6) is 0.502. The predicted molar refractivity (Wildman–Crippen MR) is 70.0 cm³/mol. The molecular formula is C15H15FO3. The van der Waals surface area contributed by atoms with Crippen molar-refractivity contribution in [2.75, 3.05) is 14.2 Å². The van der Waals surface area contributed by atoms with Crippen molar-refractivity contribution in [3.63, 3.8) is 0 Å². The van der Waals surface area contributed by atoms with Crippen molar-refractivity contribution in [2.45, 2.75) is 6.10 Å². The van der Waals surface area contributed by atoms with Crippen LogP contribution in [-0.2, 0) is 0 Å². The Kier molecular flexibility index (Phi) is 4.02. The summed E-state index contributed by atoms with van der Waals surface area (Å²) in [6, 6.07) is 11.3. The first-order chi connectivity index (χ1) is 9.17. The van der Waals surface area contributed by atoms with Gasteiger partial charge in [0.15, 0.2) is 0 Å². The highest BCUT2D eigenvalue weighted by molar-refractivity contribution is 5.42. The van der Waals surface area contributed by atoms with Gasteiger partial charge in [-0.25, -0.2) is 4.39 Å². The van der Waals surface area contributed by atoms with Gasteiger partial charge in [0, 0.05) is 0 Å². The fourth-order valence-electron chi connectivity index (χ4n) is 1.91. The molecule has 1 atom stereocenters. The SMILES string of the molecule is COc1ccc(C(O)c2c(F)cccc2OC)cc1. The molecule has 2 aromatic rings. The zero-order valence-electron chi connectivity index (χ0n) is 10.8. The number of benzene rings is 2. The van der Waals surface area contributed by atoms with E-state index in [1.165, 1.54) is 13.2 Å². The number of rotatable bonds is 4. The van der Waals surface area contributed by atoms with Crippen LogP contribution in [0.2, 0.25) is 0 Å². The largest absolute Gasteiger partial charge is 0.497 e. The number of aliphatic hydroxyl groups is 1. The maximum Gasteiger partial charge on any atom is 0.133 e. The summed E-state index contributed by atoms with van der Waals surface area (Å²) in [5, 5.41) is 10.3. The van der Waals surface area contributed by atoms with E-state index in [2.05, 4.69) is 0 Å². The number of halogens is 1. The van der Waals surface area contributed by atoms with Gasteiger partial charge in [-0.05, 0) is 29.8 Å². The highest BCUT2D eigenvalue weighted by Crippen LogP contribution is 2.32. The Hall–Kier alpha value is -2.07. The number of hydrogen-bond acceptors (Lipinski definition) is 3. The molecule has 0 saturated heterocycles. The number of aliphatic hydroxyl groups excluding tert-OH is 1. The molecule has 1 unspecified atom stereocenters. The van der Waals surface area contributed by atoms with E-state index >= 15 is 0 Å². The van der Waals surface area contributed by atoms with Gasteiger partial charge in [0.05, 0.1) is 19.8 Å². The van der Waals surface area contributed by atoms with Gasteiger partial charge in [-0.15, -0.1) is 0 Å². The van der Waals surface area contributed by atoms with Gasteiger partial charge in [0.2, 0.25) is 0 Å². The lowest BCUT2D eigenvalue weighted by Gasteiger charge is -2.16. The summed E-state index contributed by atoms with van der Waals surface area (Å²) in [4.78, 5) is 0. The second-order valence-corrected chi connectivity index (χ2v) is 4.03. The molecule has 0 aromatic heterocycles. The Bertz CT molecular complexity index is 552. The molecule has 0 amide bonds. The predicted octanol–water partition coefficient (Wildman–Crippen LogP) is 2.92. The Labute approximate surface area is 111 Å². The van der Waals surface area contributed by atoms with Crippen LogP contribution in [-0.4, -0.2) is 19.3 Å². The van der Waals surface area contributed by atoms with Crippen LogP contribution in [0.3, 0.4) is 0 Å². The number of hydrogen-bond donors (Lipinski definition) is 1. The zero-order valence-corrected chi connectivity index (χ0v) is 10.8. The van der Waals surface area contributed by atoms with Crippen LogP contribution in [0.4, 0.5) is 4.39 Å². The average Bonchev–Trinajstić information content (AvgIpc) is 2.46. The van der Waals surface area contributed by atoms with Crippen molar-refractivity contribution in [3.05, 3.63) is 59.4 Å². The third-order valence-corrected chi connectivity index (χ3v) is 2.94. The molecule has 1 N–H and O–H groups in total. The first kappa shape index (κ1) is 13.4. The van der Waals surface area contributed by atoms with Gasteiger partial charge in [-0.3, -0.25) is 0 Å². The van der Waals surface area contributed by atoms with Crippen molar-refractivity contribution in [1.82, 2.24) is 0 Å². The fourth-order valence-corrected chi connectivity index (χ4v) is 1.91. The molecule has 0 saturated carbocycles. The average molecular weight is 262 g/mol. The van der Waals surface area contributed by atoms with Crippen molar-refractivity contribution < 1.29 is 19.0 Å². The fraction of sp³-hybridized carbons (Fsp3) is 0.200. The topological polar surface area (TPSA) is 38.7 Å². The maximum absolute atomic E-state index is 13.9. The van der Waals surface area contributed by atoms with E-state index in [0.717, 1.165) is 0 Å². The van der Waals surface area contributed by atoms with E-state index in [9.17, 15) is 9.50 Å². The molecule has 100 valence electrons. The van der Waals surface area contributed by atoms with Crippen molar-refractivity contribution in [2.24, 2.45) is 0 Å². The third kappa shape index (κ3) is 2.69. The van der Waals surface area contributed by atoms with Crippen LogP contribution in [0.1, 0.15) is 17.2 Å². The van der Waals surface area contributed by atoms with Gasteiger partial charge in [-0.2, -0.15) is 0 Å². The summed E-state index contributed by atoms with van der Waals surface area (Å²) in [7, 11) is 3.00. The molecular weight excluding hydrogens is 247 g/mol. The third-order valence-electron chi connectivity index (χ3n) is 2.94. The van der Waals surface area contributed by atoms with Crippen LogP contribution in [0.25, 0.3) is 0 Å². The van der Waals surface area contributed by atoms with E-state index in [0.29, 0.717) is 17.1 Å². The molecule has 4 heteroatoms. The lowest BCUT2D eigenvalue weighted by Crippen LogP contribution is -2.05. The van der Waals surface area contributed by atoms with Crippen LogP contribution in [0.15, 0.2) is 42.5 Å². The maximum atomic E-state index is 13.9. The van der Waals surface area contributed by atoms with Crippen molar-refractivity contribution in [3.8, 4) is 11.5 Å². The van der Waals surface area contributed by atoms with Gasteiger partial charge in [0.1, 0.15) is 23.4 Å². The van der Waals surface area contributed by atoms with Gasteiger partial charge in [-0.1, -0.05) is 18.2 Å². The van der Waals surface area contributed by atoms with Crippen molar-refractivity contribution in [1.29, 1.82) is 0 Å². The van der Waals surface area contributed by atoms with Crippen molar-refractivity contribution >= 4 is 0 Å². The van der Waals surface area contributed by atoms with E-state index in [-0.39, 0.29) is 5.56 Å². The second-order valence-electron chi connectivity index (χ2n) is 4.03. The zero-order chi connectivity index (χ0) is 13.8. The normalized spacial score (nSPS) is 12.0. The first-order valence-corrected chi connectivity index (χ1v) is 5.81. The molecule has 19 heavy (non-hydrogen) atoms. The molecule has 0 bridgehead atoms. The molecule has 3 nitrogen and oxygen atoms in total. The van der Waals surface area contributed by atoms with Crippen LogP contribution in [0.5, 0.6) is 11.5 Å². The van der Waals surface area contributed by atoms with Crippen LogP contribution < -0.4 is 9.47 Å². The Morgan fingerprint density at radius 2 is 1.68 bits per heavy atom. The highest BCUT2D eigenvalue weighted by Gasteiger charge is 2.19. The summed E-state index contributed by atoms with van der Waals surface area (Å²) in [5.41, 5.74) is 0.708. The van der Waals surface area contributed by atoms with Gasteiger partial charge < -0.3 is 14.6 Å². The lowest BCUT2D eigenvalue weighted by molar-refractivity contribution is 0.209. The Balaban J connectivity index is 2.40. The van der Waals surface area contributed by atoms with E-state index < -0.39 is 11.9 Å². The quantitative estimate of drug-likeness (QED) is 0.920. The summed E-state index contributed by atoms with van der Waals surface area (Å²) in [6.07, 6.45) is -1.08. The molecule has 2 rings (SSSR count). The van der Waals surface area contributed by atoms with E-state index in [1.807, 2.05) is 0 Å².